The van der Waals surface area contributed by atoms with E-state index in [0.29, 0.717) is 23.6 Å². The maximum Gasteiger partial charge on any atom is 0.220 e. The van der Waals surface area contributed by atoms with Crippen molar-refractivity contribution in [1.82, 2.24) is 10.3 Å². The largest absolute Gasteiger partial charge is 0.441 e. The first-order valence-electron chi connectivity index (χ1n) is 7.61. The molecule has 6 heteroatoms. The lowest BCUT2D eigenvalue weighted by molar-refractivity contribution is -0.122. The maximum atomic E-state index is 13.7. The summed E-state index contributed by atoms with van der Waals surface area (Å²) in [5.74, 6) is 0.221. The molecule has 124 valence electrons. The van der Waals surface area contributed by atoms with Gasteiger partial charge in [0.05, 0.1) is 11.8 Å². The van der Waals surface area contributed by atoms with Gasteiger partial charge in [0.15, 0.2) is 11.7 Å². The number of hydrogen-bond acceptors (Lipinski definition) is 4. The van der Waals surface area contributed by atoms with Crippen LogP contribution in [-0.2, 0) is 11.2 Å². The third-order valence-electron chi connectivity index (χ3n) is 3.79. The van der Waals surface area contributed by atoms with E-state index in [1.165, 1.54) is 12.3 Å². The minimum atomic E-state index is -0.375. The highest BCUT2D eigenvalue weighted by Gasteiger charge is 2.15. The molecule has 0 aliphatic rings. The molecule has 1 aromatic carbocycles. The van der Waals surface area contributed by atoms with E-state index in [1.807, 2.05) is 13.8 Å². The minimum Gasteiger partial charge on any atom is -0.441 e. The number of aryl methyl sites for hydroxylation is 1. The van der Waals surface area contributed by atoms with Crippen molar-refractivity contribution >= 4 is 5.91 Å². The molecule has 0 bridgehead atoms. The van der Waals surface area contributed by atoms with Crippen molar-refractivity contribution in [1.29, 1.82) is 0 Å². The molecule has 2 unspecified atom stereocenters. The summed E-state index contributed by atoms with van der Waals surface area (Å²) in [6.07, 6.45) is 2.02. The molecular weight excluding hydrogens is 299 g/mol. The van der Waals surface area contributed by atoms with Crippen molar-refractivity contribution in [3.05, 3.63) is 42.2 Å². The van der Waals surface area contributed by atoms with Gasteiger partial charge in [0, 0.05) is 25.5 Å². The Morgan fingerprint density at radius 1 is 1.39 bits per heavy atom. The van der Waals surface area contributed by atoms with Gasteiger partial charge in [-0.3, -0.25) is 4.79 Å². The van der Waals surface area contributed by atoms with Crippen LogP contribution in [0.4, 0.5) is 4.39 Å². The van der Waals surface area contributed by atoms with Gasteiger partial charge >= 0.3 is 0 Å². The lowest BCUT2D eigenvalue weighted by Gasteiger charge is -2.18. The summed E-state index contributed by atoms with van der Waals surface area (Å²) >= 11 is 0. The normalized spacial score (nSPS) is 13.6. The zero-order chi connectivity index (χ0) is 16.8. The third kappa shape index (κ3) is 4.63. The molecule has 2 atom stereocenters. The molecule has 1 heterocycles. The Hall–Kier alpha value is -2.21. The summed E-state index contributed by atoms with van der Waals surface area (Å²) in [5, 5.41) is 11.9. The Balaban J connectivity index is 1.90. The first kappa shape index (κ1) is 17.1. The van der Waals surface area contributed by atoms with Crippen molar-refractivity contribution in [2.45, 2.75) is 32.7 Å². The number of halogens is 1. The van der Waals surface area contributed by atoms with Gasteiger partial charge in [-0.15, -0.1) is 0 Å². The lowest BCUT2D eigenvalue weighted by Crippen LogP contribution is -2.38. The van der Waals surface area contributed by atoms with Crippen LogP contribution in [0.3, 0.4) is 0 Å². The van der Waals surface area contributed by atoms with Crippen molar-refractivity contribution in [2.24, 2.45) is 5.92 Å². The van der Waals surface area contributed by atoms with Crippen LogP contribution >= 0.6 is 0 Å². The molecular formula is C17H21FN2O3. The van der Waals surface area contributed by atoms with Crippen LogP contribution < -0.4 is 5.32 Å². The maximum absolute atomic E-state index is 13.7. The fraction of sp³-hybridized carbons (Fsp3) is 0.412. The second-order valence-corrected chi connectivity index (χ2v) is 5.61. The summed E-state index contributed by atoms with van der Waals surface area (Å²) in [6, 6.07) is 6.19. The van der Waals surface area contributed by atoms with Gasteiger partial charge in [0.1, 0.15) is 5.82 Å². The SMILES string of the molecule is CC(CO)C(C)NC(=O)CCc1ncc(-c2ccccc2F)o1. The molecule has 1 aromatic heterocycles. The standard InChI is InChI=1S/C17H21FN2O3/c1-11(10-21)12(2)20-16(22)7-8-17-19-9-15(23-17)13-5-3-4-6-14(13)18/h3-6,9,11-12,21H,7-8,10H2,1-2H3,(H,20,22). The van der Waals surface area contributed by atoms with Crippen molar-refractivity contribution < 1.29 is 18.7 Å². The molecule has 2 rings (SSSR count). The quantitative estimate of drug-likeness (QED) is 0.822. The number of hydrogen-bond donors (Lipinski definition) is 2. The van der Waals surface area contributed by atoms with Gasteiger partial charge in [-0.05, 0) is 25.0 Å². The van der Waals surface area contributed by atoms with Crippen molar-refractivity contribution in [2.75, 3.05) is 6.61 Å². The smallest absolute Gasteiger partial charge is 0.220 e. The number of carbonyl (C=O) groups excluding carboxylic acids is 1. The van der Waals surface area contributed by atoms with E-state index in [1.54, 1.807) is 18.2 Å². The van der Waals surface area contributed by atoms with Crippen LogP contribution in [0.2, 0.25) is 0 Å². The van der Waals surface area contributed by atoms with Crippen LogP contribution in [-0.4, -0.2) is 28.6 Å². The number of aliphatic hydroxyl groups excluding tert-OH is 1. The number of rotatable bonds is 7. The molecule has 0 saturated heterocycles. The summed E-state index contributed by atoms with van der Waals surface area (Å²) in [5.41, 5.74) is 0.348. The monoisotopic (exact) mass is 320 g/mol. The lowest BCUT2D eigenvalue weighted by atomic mass is 10.1. The van der Waals surface area contributed by atoms with E-state index in [2.05, 4.69) is 10.3 Å². The highest BCUT2D eigenvalue weighted by molar-refractivity contribution is 5.76. The molecule has 0 aliphatic heterocycles. The molecule has 2 N–H and O–H groups in total. The number of nitrogens with one attached hydrogen (secondary N) is 1. The summed E-state index contributed by atoms with van der Waals surface area (Å²) < 4.78 is 19.2. The first-order valence-corrected chi connectivity index (χ1v) is 7.61. The zero-order valence-electron chi connectivity index (χ0n) is 13.3. The Bertz CT molecular complexity index is 657. The molecule has 0 radical (unpaired) electrons. The Kier molecular flexibility index (Phi) is 5.87. The van der Waals surface area contributed by atoms with Crippen molar-refractivity contribution in [3.63, 3.8) is 0 Å². The highest BCUT2D eigenvalue weighted by Crippen LogP contribution is 2.23. The van der Waals surface area contributed by atoms with Crippen LogP contribution in [0, 0.1) is 11.7 Å². The minimum absolute atomic E-state index is 0.00616. The van der Waals surface area contributed by atoms with Gasteiger partial charge < -0.3 is 14.8 Å². The highest BCUT2D eigenvalue weighted by atomic mass is 19.1. The Morgan fingerprint density at radius 2 is 2.13 bits per heavy atom. The van der Waals surface area contributed by atoms with Gasteiger partial charge in [0.25, 0.3) is 0 Å². The topological polar surface area (TPSA) is 75.4 Å². The summed E-state index contributed by atoms with van der Waals surface area (Å²) in [7, 11) is 0. The number of benzene rings is 1. The van der Waals surface area contributed by atoms with Gasteiger partial charge in [0.2, 0.25) is 5.91 Å². The average molecular weight is 320 g/mol. The zero-order valence-corrected chi connectivity index (χ0v) is 13.3. The molecule has 0 aliphatic carbocycles. The summed E-state index contributed by atoms with van der Waals surface area (Å²) in [4.78, 5) is 15.9. The predicted octanol–water partition coefficient (Wildman–Crippen LogP) is 2.55. The van der Waals surface area contributed by atoms with E-state index in [9.17, 15) is 9.18 Å². The Labute approximate surface area is 134 Å². The van der Waals surface area contributed by atoms with Crippen molar-refractivity contribution in [3.8, 4) is 11.3 Å². The molecule has 1 amide bonds. The van der Waals surface area contributed by atoms with E-state index in [0.717, 1.165) is 0 Å². The van der Waals surface area contributed by atoms with E-state index in [-0.39, 0.29) is 36.7 Å². The van der Waals surface area contributed by atoms with E-state index >= 15 is 0 Å². The number of amides is 1. The predicted molar refractivity (Wildman–Crippen MR) is 84.1 cm³/mol. The summed E-state index contributed by atoms with van der Waals surface area (Å²) in [6.45, 7) is 3.73. The number of aliphatic hydroxyl groups is 1. The molecule has 0 spiro atoms. The number of carbonyl (C=O) groups is 1. The van der Waals surface area contributed by atoms with Crippen LogP contribution in [0.1, 0.15) is 26.2 Å². The first-order chi connectivity index (χ1) is 11.0. The number of aromatic nitrogens is 1. The van der Waals surface area contributed by atoms with Gasteiger partial charge in [-0.1, -0.05) is 19.1 Å². The van der Waals surface area contributed by atoms with E-state index in [4.69, 9.17) is 9.52 Å². The molecule has 0 fully saturated rings. The van der Waals surface area contributed by atoms with E-state index < -0.39 is 0 Å². The fourth-order valence-corrected chi connectivity index (χ4v) is 2.06. The molecule has 23 heavy (non-hydrogen) atoms. The molecule has 0 saturated carbocycles. The second kappa shape index (κ2) is 7.87. The van der Waals surface area contributed by atoms with Gasteiger partial charge in [-0.25, -0.2) is 9.37 Å². The van der Waals surface area contributed by atoms with Crippen LogP contribution in [0.25, 0.3) is 11.3 Å². The Morgan fingerprint density at radius 3 is 2.83 bits per heavy atom. The molecule has 2 aromatic rings. The van der Waals surface area contributed by atoms with Crippen LogP contribution in [0.15, 0.2) is 34.9 Å². The van der Waals surface area contributed by atoms with Crippen LogP contribution in [0.5, 0.6) is 0 Å². The number of oxazole rings is 1. The second-order valence-electron chi connectivity index (χ2n) is 5.61. The third-order valence-corrected chi connectivity index (χ3v) is 3.79. The number of nitrogens with zero attached hydrogens (tertiary/aromatic N) is 1. The average Bonchev–Trinajstić information content (AvgIpc) is 3.01. The fourth-order valence-electron chi connectivity index (χ4n) is 2.06. The molecule has 5 nitrogen and oxygen atoms in total. The van der Waals surface area contributed by atoms with Gasteiger partial charge in [-0.2, -0.15) is 0 Å².